The van der Waals surface area contributed by atoms with Crippen LogP contribution in [0, 0.1) is 13.7 Å². The molecule has 2 rings (SSSR count). The van der Waals surface area contributed by atoms with Crippen LogP contribution >= 0.6 is 22.6 Å². The van der Waals surface area contributed by atoms with Crippen LogP contribution in [-0.4, -0.2) is 14.7 Å². The summed E-state index contributed by atoms with van der Waals surface area (Å²) in [5.74, 6) is 0. The molecule has 0 aliphatic rings. The van der Waals surface area contributed by atoms with Gasteiger partial charge in [0.15, 0.2) is 0 Å². The Morgan fingerprint density at radius 1 is 1.33 bits per heavy atom. The third-order valence-corrected chi connectivity index (χ3v) is 2.43. The molecule has 6 heteroatoms. The zero-order chi connectivity index (χ0) is 10.8. The molecule has 0 spiro atoms. The summed E-state index contributed by atoms with van der Waals surface area (Å²) in [7, 11) is 0. The summed E-state index contributed by atoms with van der Waals surface area (Å²) in [6.07, 6.45) is 3.57. The number of hydrogen-bond acceptors (Lipinski definition) is 3. The first-order chi connectivity index (χ1) is 7.16. The zero-order valence-corrected chi connectivity index (χ0v) is 9.66. The van der Waals surface area contributed by atoms with Crippen molar-refractivity contribution in [3.05, 3.63) is 50.3 Å². The van der Waals surface area contributed by atoms with Crippen molar-refractivity contribution in [2.75, 3.05) is 0 Å². The highest BCUT2D eigenvalue weighted by Gasteiger charge is 2.05. The zero-order valence-electron chi connectivity index (χ0n) is 7.50. The van der Waals surface area contributed by atoms with Gasteiger partial charge < -0.3 is 0 Å². The maximum Gasteiger partial charge on any atom is 0.269 e. The van der Waals surface area contributed by atoms with Crippen LogP contribution in [0.1, 0.15) is 0 Å². The molecule has 2 aromatic rings. The molecule has 0 N–H and O–H groups in total. The average Bonchev–Trinajstić information content (AvgIpc) is 2.65. The second-order valence-corrected chi connectivity index (χ2v) is 4.12. The minimum atomic E-state index is -0.420. The minimum Gasteiger partial charge on any atom is -0.258 e. The molecule has 0 aliphatic carbocycles. The molecular formula is C9H6IN3O2. The van der Waals surface area contributed by atoms with Crippen molar-refractivity contribution in [2.24, 2.45) is 0 Å². The monoisotopic (exact) mass is 315 g/mol. The van der Waals surface area contributed by atoms with Crippen molar-refractivity contribution in [2.45, 2.75) is 0 Å². The average molecular weight is 315 g/mol. The summed E-state index contributed by atoms with van der Waals surface area (Å²) in [4.78, 5) is 10.0. The number of benzene rings is 1. The van der Waals surface area contributed by atoms with Crippen LogP contribution in [0.25, 0.3) is 5.69 Å². The molecule has 0 fully saturated rings. The van der Waals surface area contributed by atoms with E-state index < -0.39 is 4.92 Å². The fraction of sp³-hybridized carbons (Fsp3) is 0. The van der Waals surface area contributed by atoms with Gasteiger partial charge in [-0.2, -0.15) is 5.10 Å². The Labute approximate surface area is 99.0 Å². The van der Waals surface area contributed by atoms with Crippen molar-refractivity contribution in [1.29, 1.82) is 0 Å². The van der Waals surface area contributed by atoms with Crippen LogP contribution in [0.2, 0.25) is 0 Å². The number of non-ortho nitro benzene ring substituents is 1. The lowest BCUT2D eigenvalue weighted by molar-refractivity contribution is -0.384. The van der Waals surface area contributed by atoms with Gasteiger partial charge in [-0.05, 0) is 34.7 Å². The van der Waals surface area contributed by atoms with E-state index in [1.807, 2.05) is 6.20 Å². The van der Waals surface area contributed by atoms with Crippen molar-refractivity contribution < 1.29 is 4.92 Å². The molecule has 0 unspecified atom stereocenters. The van der Waals surface area contributed by atoms with E-state index in [1.165, 1.54) is 12.1 Å². The third kappa shape index (κ3) is 2.14. The molecule has 0 bridgehead atoms. The van der Waals surface area contributed by atoms with Gasteiger partial charge in [-0.3, -0.25) is 10.1 Å². The van der Waals surface area contributed by atoms with E-state index in [0.29, 0.717) is 0 Å². The Morgan fingerprint density at radius 2 is 2.00 bits per heavy atom. The Hall–Kier alpha value is -1.44. The molecule has 76 valence electrons. The van der Waals surface area contributed by atoms with Crippen molar-refractivity contribution in [3.63, 3.8) is 0 Å². The first kappa shape index (κ1) is 10.1. The summed E-state index contributed by atoms with van der Waals surface area (Å²) in [5, 5.41) is 14.5. The van der Waals surface area contributed by atoms with Crippen LogP contribution in [0.4, 0.5) is 5.69 Å². The first-order valence-electron chi connectivity index (χ1n) is 4.12. The fourth-order valence-corrected chi connectivity index (χ4v) is 1.56. The molecule has 1 heterocycles. The minimum absolute atomic E-state index is 0.0839. The van der Waals surface area contributed by atoms with E-state index >= 15 is 0 Å². The second-order valence-electron chi connectivity index (χ2n) is 2.88. The molecule has 0 saturated heterocycles. The Balaban J connectivity index is 2.35. The van der Waals surface area contributed by atoms with Crippen LogP contribution < -0.4 is 0 Å². The summed E-state index contributed by atoms with van der Waals surface area (Å²) in [5.41, 5.74) is 0.893. The van der Waals surface area contributed by atoms with Gasteiger partial charge in [-0.25, -0.2) is 4.68 Å². The van der Waals surface area contributed by atoms with Crippen molar-refractivity contribution >= 4 is 28.3 Å². The van der Waals surface area contributed by atoms with E-state index in [-0.39, 0.29) is 5.69 Å². The third-order valence-electron chi connectivity index (χ3n) is 1.88. The maximum atomic E-state index is 10.4. The largest absolute Gasteiger partial charge is 0.269 e. The lowest BCUT2D eigenvalue weighted by Crippen LogP contribution is -1.94. The number of hydrogen-bond donors (Lipinski definition) is 0. The molecule has 0 saturated carbocycles. The number of halogens is 1. The molecule has 0 atom stereocenters. The molecule has 1 aromatic heterocycles. The molecule has 0 radical (unpaired) electrons. The fourth-order valence-electron chi connectivity index (χ4n) is 1.17. The lowest BCUT2D eigenvalue weighted by Gasteiger charge is -1.99. The molecule has 1 aromatic carbocycles. The van der Waals surface area contributed by atoms with Crippen LogP contribution in [0.5, 0.6) is 0 Å². The number of nitrogens with zero attached hydrogens (tertiary/aromatic N) is 3. The lowest BCUT2D eigenvalue weighted by atomic mass is 10.3. The highest BCUT2D eigenvalue weighted by atomic mass is 127. The van der Waals surface area contributed by atoms with E-state index in [1.54, 1.807) is 23.0 Å². The molecular weight excluding hydrogens is 309 g/mol. The summed E-state index contributed by atoms with van der Waals surface area (Å²) in [6, 6.07) is 6.26. The Morgan fingerprint density at radius 3 is 2.47 bits per heavy atom. The topological polar surface area (TPSA) is 61.0 Å². The SMILES string of the molecule is O=[N+]([O-])c1ccc(-n2cc(I)cn2)cc1. The van der Waals surface area contributed by atoms with Crippen molar-refractivity contribution in [3.8, 4) is 5.69 Å². The van der Waals surface area contributed by atoms with Gasteiger partial charge in [0.1, 0.15) is 0 Å². The van der Waals surface area contributed by atoms with E-state index in [9.17, 15) is 10.1 Å². The second kappa shape index (κ2) is 3.97. The van der Waals surface area contributed by atoms with Gasteiger partial charge in [0.05, 0.1) is 20.4 Å². The summed E-state index contributed by atoms with van der Waals surface area (Å²) < 4.78 is 2.69. The van der Waals surface area contributed by atoms with Crippen LogP contribution in [0.3, 0.4) is 0 Å². The highest BCUT2D eigenvalue weighted by Crippen LogP contribution is 2.15. The summed E-state index contributed by atoms with van der Waals surface area (Å²) >= 11 is 2.15. The quantitative estimate of drug-likeness (QED) is 0.486. The summed E-state index contributed by atoms with van der Waals surface area (Å²) in [6.45, 7) is 0. The van der Waals surface area contributed by atoms with E-state index in [4.69, 9.17) is 0 Å². The first-order valence-corrected chi connectivity index (χ1v) is 5.20. The predicted molar refractivity (Wildman–Crippen MR) is 62.9 cm³/mol. The molecule has 15 heavy (non-hydrogen) atoms. The van der Waals surface area contributed by atoms with Gasteiger partial charge in [-0.1, -0.05) is 0 Å². The maximum absolute atomic E-state index is 10.4. The van der Waals surface area contributed by atoms with Gasteiger partial charge in [-0.15, -0.1) is 0 Å². The van der Waals surface area contributed by atoms with E-state index in [2.05, 4.69) is 27.7 Å². The van der Waals surface area contributed by atoms with E-state index in [0.717, 1.165) is 9.26 Å². The van der Waals surface area contributed by atoms with Gasteiger partial charge in [0.2, 0.25) is 0 Å². The number of aromatic nitrogens is 2. The number of nitro groups is 1. The Bertz CT molecular complexity index is 492. The van der Waals surface area contributed by atoms with Crippen molar-refractivity contribution in [1.82, 2.24) is 9.78 Å². The molecule has 0 aliphatic heterocycles. The number of nitro benzene ring substituents is 1. The van der Waals surface area contributed by atoms with Crippen LogP contribution in [-0.2, 0) is 0 Å². The Kier molecular flexibility index (Phi) is 2.67. The normalized spacial score (nSPS) is 10.2. The molecule has 5 nitrogen and oxygen atoms in total. The predicted octanol–water partition coefficient (Wildman–Crippen LogP) is 2.39. The van der Waals surface area contributed by atoms with Gasteiger partial charge >= 0.3 is 0 Å². The smallest absolute Gasteiger partial charge is 0.258 e. The standard InChI is InChI=1S/C9H6IN3O2/c10-7-5-11-12(6-7)8-1-3-9(4-2-8)13(14)15/h1-6H. The van der Waals surface area contributed by atoms with Gasteiger partial charge in [0.25, 0.3) is 5.69 Å². The molecule has 0 amide bonds. The van der Waals surface area contributed by atoms with Gasteiger partial charge in [0, 0.05) is 18.3 Å². The number of rotatable bonds is 2. The van der Waals surface area contributed by atoms with Crippen LogP contribution in [0.15, 0.2) is 36.7 Å². The highest BCUT2D eigenvalue weighted by molar-refractivity contribution is 14.1.